The van der Waals surface area contributed by atoms with Gasteiger partial charge in [-0.25, -0.2) is 14.7 Å². The van der Waals surface area contributed by atoms with Gasteiger partial charge in [0, 0.05) is 19.0 Å². The normalized spacial score (nSPS) is 21.4. The molecule has 2 aliphatic heterocycles. The van der Waals surface area contributed by atoms with Crippen molar-refractivity contribution in [2.75, 3.05) is 25.7 Å². The van der Waals surface area contributed by atoms with E-state index in [0.29, 0.717) is 17.3 Å². The number of fused-ring (bicyclic) bond motifs is 2. The third kappa shape index (κ3) is 4.50. The maximum atomic E-state index is 13.5. The number of likely N-dealkylation sites (N-methyl/N-ethyl adjacent to an activating group) is 1. The molecule has 0 saturated carbocycles. The van der Waals surface area contributed by atoms with E-state index in [-0.39, 0.29) is 37.1 Å². The lowest BCUT2D eigenvalue weighted by Gasteiger charge is -2.44. The Morgan fingerprint density at radius 1 is 1.39 bits per heavy atom. The summed E-state index contributed by atoms with van der Waals surface area (Å²) in [4.78, 5) is 53.5. The van der Waals surface area contributed by atoms with Gasteiger partial charge in [-0.3, -0.25) is 24.4 Å². The highest BCUT2D eigenvalue weighted by atomic mass is 17.1. The molecule has 0 saturated heterocycles. The Labute approximate surface area is 191 Å². The van der Waals surface area contributed by atoms with Crippen LogP contribution in [0.1, 0.15) is 37.0 Å². The van der Waals surface area contributed by atoms with Crippen LogP contribution in [0.5, 0.6) is 0 Å². The van der Waals surface area contributed by atoms with Gasteiger partial charge in [-0.2, -0.15) is 0 Å². The number of aliphatic imine (C=N–C) groups is 1. The number of carbonyl (C=O) groups excluding carboxylic acids is 3. The second-order valence-electron chi connectivity index (χ2n) is 8.95. The van der Waals surface area contributed by atoms with Crippen molar-refractivity contribution >= 4 is 30.8 Å². The molecule has 33 heavy (non-hydrogen) atoms. The molecule has 4 atom stereocenters. The first-order valence-electron chi connectivity index (χ1n) is 10.4. The molecule has 1 amide bonds. The van der Waals surface area contributed by atoms with Gasteiger partial charge in [0.1, 0.15) is 18.9 Å². The number of carbonyl (C=O) groups is 3. The molecule has 13 nitrogen and oxygen atoms in total. The molecule has 0 aromatic carbocycles. The monoisotopic (exact) mass is 466 g/mol. The fourth-order valence-electron chi connectivity index (χ4n) is 4.14. The molecule has 0 radical (unpaired) electrons. The first-order valence-corrected chi connectivity index (χ1v) is 10.4. The molecule has 3 heterocycles. The molecule has 4 unspecified atom stereocenters. The Balaban J connectivity index is 1.95. The SMILES string of the molecule is COC(=O)NC(COC=O)C(Cc1c(C)nc2n1C(=O)C1N=CN(C(C)(C)C)C1N2C)OO. The van der Waals surface area contributed by atoms with Gasteiger partial charge in [-0.15, -0.1) is 0 Å². The van der Waals surface area contributed by atoms with Crippen LogP contribution in [-0.2, 0) is 25.6 Å². The van der Waals surface area contributed by atoms with Gasteiger partial charge in [-0.05, 0) is 27.7 Å². The average molecular weight is 466 g/mol. The van der Waals surface area contributed by atoms with Crippen molar-refractivity contribution in [3.05, 3.63) is 11.4 Å². The molecule has 0 spiro atoms. The second kappa shape index (κ2) is 9.35. The summed E-state index contributed by atoms with van der Waals surface area (Å²) < 4.78 is 10.8. The summed E-state index contributed by atoms with van der Waals surface area (Å²) in [5, 5.41) is 12.0. The average Bonchev–Trinajstić information content (AvgIpc) is 3.35. The van der Waals surface area contributed by atoms with E-state index >= 15 is 0 Å². The minimum absolute atomic E-state index is 0.0180. The van der Waals surface area contributed by atoms with Crippen LogP contribution < -0.4 is 10.2 Å². The van der Waals surface area contributed by atoms with Crippen molar-refractivity contribution in [2.24, 2.45) is 4.99 Å². The van der Waals surface area contributed by atoms with Crippen LogP contribution in [-0.4, -0.2) is 95.2 Å². The molecular formula is C20H30N6O7. The van der Waals surface area contributed by atoms with E-state index in [1.54, 1.807) is 13.3 Å². The quantitative estimate of drug-likeness (QED) is 0.314. The molecule has 0 fully saturated rings. The highest BCUT2D eigenvalue weighted by molar-refractivity contribution is 5.93. The number of hydrogen-bond donors (Lipinski definition) is 2. The molecule has 182 valence electrons. The summed E-state index contributed by atoms with van der Waals surface area (Å²) in [5.41, 5.74) is 0.767. The van der Waals surface area contributed by atoms with Gasteiger partial charge in [0.25, 0.3) is 12.4 Å². The van der Waals surface area contributed by atoms with Crippen LogP contribution in [0.15, 0.2) is 4.99 Å². The van der Waals surface area contributed by atoms with E-state index in [4.69, 9.17) is 4.74 Å². The maximum Gasteiger partial charge on any atom is 0.407 e. The van der Waals surface area contributed by atoms with E-state index < -0.39 is 24.3 Å². The third-order valence-electron chi connectivity index (χ3n) is 5.85. The molecule has 0 aliphatic carbocycles. The smallest absolute Gasteiger partial charge is 0.407 e. The van der Waals surface area contributed by atoms with Crippen LogP contribution in [0.4, 0.5) is 10.7 Å². The van der Waals surface area contributed by atoms with E-state index in [1.165, 1.54) is 11.7 Å². The summed E-state index contributed by atoms with van der Waals surface area (Å²) >= 11 is 0. The van der Waals surface area contributed by atoms with Crippen LogP contribution in [0, 0.1) is 6.92 Å². The van der Waals surface area contributed by atoms with Crippen LogP contribution in [0.25, 0.3) is 0 Å². The fourth-order valence-corrected chi connectivity index (χ4v) is 4.14. The van der Waals surface area contributed by atoms with Gasteiger partial charge in [0.15, 0.2) is 6.04 Å². The molecule has 0 bridgehead atoms. The molecule has 1 aromatic rings. The van der Waals surface area contributed by atoms with E-state index in [1.807, 2.05) is 37.6 Å². The Morgan fingerprint density at radius 2 is 2.09 bits per heavy atom. The predicted molar refractivity (Wildman–Crippen MR) is 116 cm³/mol. The predicted octanol–water partition coefficient (Wildman–Crippen LogP) is 0.417. The number of alkyl carbamates (subject to hydrolysis) is 1. The highest BCUT2D eigenvalue weighted by Crippen LogP contribution is 2.35. The van der Waals surface area contributed by atoms with Crippen molar-refractivity contribution in [2.45, 2.75) is 64.0 Å². The van der Waals surface area contributed by atoms with Crippen molar-refractivity contribution in [3.8, 4) is 0 Å². The van der Waals surface area contributed by atoms with Gasteiger partial charge in [-0.1, -0.05) is 0 Å². The van der Waals surface area contributed by atoms with E-state index in [2.05, 4.69) is 24.9 Å². The second-order valence-corrected chi connectivity index (χ2v) is 8.95. The summed E-state index contributed by atoms with van der Waals surface area (Å²) in [7, 11) is 3.02. The van der Waals surface area contributed by atoms with Gasteiger partial charge in [0.05, 0.1) is 30.9 Å². The van der Waals surface area contributed by atoms with E-state index in [9.17, 15) is 19.6 Å². The van der Waals surface area contributed by atoms with E-state index in [0.717, 1.165) is 0 Å². The van der Waals surface area contributed by atoms with Crippen molar-refractivity contribution in [1.29, 1.82) is 0 Å². The summed E-state index contributed by atoms with van der Waals surface area (Å²) in [5.74, 6) is 0.178. The Morgan fingerprint density at radius 3 is 2.67 bits per heavy atom. The molecule has 3 rings (SSSR count). The minimum Gasteiger partial charge on any atom is -0.466 e. The number of anilines is 1. The molecule has 2 aliphatic rings. The van der Waals surface area contributed by atoms with Crippen molar-refractivity contribution in [1.82, 2.24) is 19.8 Å². The first kappa shape index (κ1) is 24.5. The molecule has 2 N–H and O–H groups in total. The molecular weight excluding hydrogens is 436 g/mol. The topological polar surface area (TPSA) is 148 Å². The number of methoxy groups -OCH3 is 1. The lowest BCUT2D eigenvalue weighted by Crippen LogP contribution is -2.61. The van der Waals surface area contributed by atoms with Crippen LogP contribution >= 0.6 is 0 Å². The van der Waals surface area contributed by atoms with Crippen LogP contribution in [0.2, 0.25) is 0 Å². The zero-order chi connectivity index (χ0) is 24.5. The van der Waals surface area contributed by atoms with Gasteiger partial charge in [0.2, 0.25) is 5.95 Å². The fraction of sp³-hybridized carbons (Fsp3) is 0.650. The number of nitrogens with one attached hydrogen (secondary N) is 1. The number of imidazole rings is 1. The van der Waals surface area contributed by atoms with Crippen molar-refractivity contribution < 1.29 is 34.0 Å². The number of rotatable bonds is 8. The minimum atomic E-state index is -1.07. The Kier molecular flexibility index (Phi) is 6.93. The van der Waals surface area contributed by atoms with Gasteiger partial charge >= 0.3 is 6.09 Å². The third-order valence-corrected chi connectivity index (χ3v) is 5.85. The number of hydrogen-bond acceptors (Lipinski definition) is 11. The number of aromatic nitrogens is 2. The van der Waals surface area contributed by atoms with Gasteiger partial charge < -0.3 is 24.6 Å². The largest absolute Gasteiger partial charge is 0.466 e. The molecule has 13 heteroatoms. The van der Waals surface area contributed by atoms with Crippen molar-refractivity contribution in [3.63, 3.8) is 0 Å². The number of amides is 1. The summed E-state index contributed by atoms with van der Waals surface area (Å²) in [6.07, 6.45) is -0.521. The summed E-state index contributed by atoms with van der Waals surface area (Å²) in [6.45, 7) is 7.78. The Hall–Kier alpha value is -3.19. The molecule has 1 aromatic heterocycles. The number of ether oxygens (including phenoxy) is 2. The zero-order valence-corrected chi connectivity index (χ0v) is 19.5. The number of nitrogens with zero attached hydrogens (tertiary/aromatic N) is 5. The standard InChI is InChI=1S/C20H30N6O7/c1-11-13(7-14(33-30)12(8-32-10-27)23-19(29)31-6)26-17(28)15-16(24(5)18(26)22-11)25(9-21-15)20(2,3)4/h9-10,12,14-16,30H,7-8H2,1-6H3,(H,23,29). The summed E-state index contributed by atoms with van der Waals surface area (Å²) in [6, 6.07) is -1.62. The highest BCUT2D eigenvalue weighted by Gasteiger charge is 2.49. The Bertz CT molecular complexity index is 940. The number of aryl methyl sites for hydroxylation is 1. The lowest BCUT2D eigenvalue weighted by atomic mass is 10.0. The maximum absolute atomic E-state index is 13.5. The zero-order valence-electron chi connectivity index (χ0n) is 19.5. The first-order chi connectivity index (χ1) is 15.5. The van der Waals surface area contributed by atoms with Crippen LogP contribution in [0.3, 0.4) is 0 Å². The lowest BCUT2D eigenvalue weighted by molar-refractivity contribution is -0.285.